The largest absolute Gasteiger partial charge is 0.485 e. The van der Waals surface area contributed by atoms with Crippen LogP contribution in [0, 0.1) is 6.92 Å². The van der Waals surface area contributed by atoms with Gasteiger partial charge in [0.2, 0.25) is 5.78 Å². The molecule has 0 aliphatic rings. The van der Waals surface area contributed by atoms with E-state index in [0.717, 1.165) is 21.1 Å². The number of aryl methyl sites for hydroxylation is 1. The molecule has 1 aromatic carbocycles. The highest BCUT2D eigenvalue weighted by Crippen LogP contribution is 2.26. The van der Waals surface area contributed by atoms with Crippen LogP contribution < -0.4 is 4.74 Å². The fourth-order valence-electron chi connectivity index (χ4n) is 1.89. The summed E-state index contributed by atoms with van der Waals surface area (Å²) in [7, 11) is 0. The SMILES string of the molecule is Cc1ccc(C(=O)COc2ccccc2C(C)C)s1. The molecule has 0 N–H and O–H groups in total. The molecule has 0 saturated carbocycles. The Balaban J connectivity index is 2.05. The van der Waals surface area contributed by atoms with Gasteiger partial charge in [0.05, 0.1) is 4.88 Å². The normalized spacial score (nSPS) is 10.7. The van der Waals surface area contributed by atoms with Gasteiger partial charge in [0.25, 0.3) is 0 Å². The number of carbonyl (C=O) groups excluding carboxylic acids is 1. The molecule has 0 unspecified atom stereocenters. The van der Waals surface area contributed by atoms with Crippen molar-refractivity contribution in [2.75, 3.05) is 6.61 Å². The van der Waals surface area contributed by atoms with Gasteiger partial charge >= 0.3 is 0 Å². The molecule has 2 nitrogen and oxygen atoms in total. The maximum absolute atomic E-state index is 12.0. The second kappa shape index (κ2) is 6.02. The van der Waals surface area contributed by atoms with Crippen LogP contribution >= 0.6 is 11.3 Å². The fourth-order valence-corrected chi connectivity index (χ4v) is 2.68. The van der Waals surface area contributed by atoms with E-state index >= 15 is 0 Å². The van der Waals surface area contributed by atoms with E-state index in [9.17, 15) is 4.79 Å². The zero-order valence-electron chi connectivity index (χ0n) is 11.5. The minimum Gasteiger partial charge on any atom is -0.485 e. The molecule has 2 aromatic rings. The predicted octanol–water partition coefficient (Wildman–Crippen LogP) is 4.44. The highest BCUT2D eigenvalue weighted by Gasteiger charge is 2.11. The molecule has 100 valence electrons. The van der Waals surface area contributed by atoms with Gasteiger partial charge in [0.15, 0.2) is 6.61 Å². The van der Waals surface area contributed by atoms with E-state index in [1.54, 1.807) is 0 Å². The topological polar surface area (TPSA) is 26.3 Å². The Kier molecular flexibility index (Phi) is 4.38. The third kappa shape index (κ3) is 3.44. The second-order valence-electron chi connectivity index (χ2n) is 4.81. The summed E-state index contributed by atoms with van der Waals surface area (Å²) in [6.07, 6.45) is 0. The fraction of sp³-hybridized carbons (Fsp3) is 0.312. The third-order valence-electron chi connectivity index (χ3n) is 2.91. The minimum absolute atomic E-state index is 0.0386. The first kappa shape index (κ1) is 13.8. The van der Waals surface area contributed by atoms with E-state index in [2.05, 4.69) is 13.8 Å². The molecule has 3 heteroatoms. The summed E-state index contributed by atoms with van der Waals surface area (Å²) in [5.41, 5.74) is 1.14. The molecule has 2 rings (SSSR count). The van der Waals surface area contributed by atoms with Gasteiger partial charge in [-0.1, -0.05) is 32.0 Å². The van der Waals surface area contributed by atoms with Crippen molar-refractivity contribution >= 4 is 17.1 Å². The van der Waals surface area contributed by atoms with Crippen LogP contribution in [0.25, 0.3) is 0 Å². The Bertz CT molecular complexity index is 570. The standard InChI is InChI=1S/C16H18O2S/c1-11(2)13-6-4-5-7-15(13)18-10-14(17)16-9-8-12(3)19-16/h4-9,11H,10H2,1-3H3. The van der Waals surface area contributed by atoms with E-state index in [1.165, 1.54) is 11.3 Å². The summed E-state index contributed by atoms with van der Waals surface area (Å²) in [4.78, 5) is 13.9. The molecule has 19 heavy (non-hydrogen) atoms. The summed E-state index contributed by atoms with van der Waals surface area (Å²) in [5.74, 6) is 1.23. The van der Waals surface area contributed by atoms with Crippen LogP contribution in [0.15, 0.2) is 36.4 Å². The van der Waals surface area contributed by atoms with Crippen LogP contribution in [0.5, 0.6) is 5.75 Å². The van der Waals surface area contributed by atoms with Crippen molar-refractivity contribution in [3.8, 4) is 5.75 Å². The Morgan fingerprint density at radius 1 is 1.21 bits per heavy atom. The molecule has 0 spiro atoms. The van der Waals surface area contributed by atoms with Crippen molar-refractivity contribution in [2.24, 2.45) is 0 Å². The molecular formula is C16H18O2S. The van der Waals surface area contributed by atoms with Gasteiger partial charge in [-0.2, -0.15) is 0 Å². The smallest absolute Gasteiger partial charge is 0.210 e. The van der Waals surface area contributed by atoms with E-state index in [4.69, 9.17) is 4.74 Å². The molecular weight excluding hydrogens is 256 g/mol. The van der Waals surface area contributed by atoms with Gasteiger partial charge in [0, 0.05) is 4.88 Å². The van der Waals surface area contributed by atoms with Crippen molar-refractivity contribution in [1.29, 1.82) is 0 Å². The lowest BCUT2D eigenvalue weighted by molar-refractivity contribution is 0.0924. The van der Waals surface area contributed by atoms with Crippen molar-refractivity contribution in [1.82, 2.24) is 0 Å². The molecule has 1 heterocycles. The summed E-state index contributed by atoms with van der Waals surface area (Å²) < 4.78 is 5.68. The number of carbonyl (C=O) groups is 1. The number of ketones is 1. The summed E-state index contributed by atoms with van der Waals surface area (Å²) in [5, 5.41) is 0. The van der Waals surface area contributed by atoms with Gasteiger partial charge in [-0.15, -0.1) is 11.3 Å². The molecule has 0 aliphatic carbocycles. The zero-order chi connectivity index (χ0) is 13.8. The zero-order valence-corrected chi connectivity index (χ0v) is 12.3. The number of benzene rings is 1. The van der Waals surface area contributed by atoms with Crippen molar-refractivity contribution in [2.45, 2.75) is 26.7 Å². The number of rotatable bonds is 5. The monoisotopic (exact) mass is 274 g/mol. The van der Waals surface area contributed by atoms with Crippen molar-refractivity contribution in [3.63, 3.8) is 0 Å². The van der Waals surface area contributed by atoms with Crippen LogP contribution in [0.4, 0.5) is 0 Å². The molecule has 0 bridgehead atoms. The lowest BCUT2D eigenvalue weighted by Gasteiger charge is -2.12. The Morgan fingerprint density at radius 2 is 1.95 bits per heavy atom. The first-order chi connectivity index (χ1) is 9.08. The van der Waals surface area contributed by atoms with E-state index in [1.807, 2.05) is 43.3 Å². The molecule has 0 atom stereocenters. The van der Waals surface area contributed by atoms with Gasteiger partial charge < -0.3 is 4.74 Å². The Labute approximate surface area is 118 Å². The van der Waals surface area contributed by atoms with Crippen molar-refractivity contribution < 1.29 is 9.53 Å². The Morgan fingerprint density at radius 3 is 2.58 bits per heavy atom. The number of thiophene rings is 1. The van der Waals surface area contributed by atoms with E-state index in [-0.39, 0.29) is 12.4 Å². The van der Waals surface area contributed by atoms with Gasteiger partial charge in [-0.25, -0.2) is 0 Å². The summed E-state index contributed by atoms with van der Waals surface area (Å²) in [6.45, 7) is 6.33. The molecule has 0 aliphatic heterocycles. The van der Waals surface area contributed by atoms with Crippen LogP contribution in [0.2, 0.25) is 0 Å². The van der Waals surface area contributed by atoms with Gasteiger partial charge in [-0.05, 0) is 36.6 Å². The number of hydrogen-bond acceptors (Lipinski definition) is 3. The number of para-hydroxylation sites is 1. The summed E-state index contributed by atoms with van der Waals surface area (Å²) >= 11 is 1.51. The van der Waals surface area contributed by atoms with Crippen LogP contribution in [0.1, 0.15) is 39.9 Å². The maximum atomic E-state index is 12.0. The number of hydrogen-bond donors (Lipinski definition) is 0. The quantitative estimate of drug-likeness (QED) is 0.753. The average Bonchev–Trinajstić information content (AvgIpc) is 2.83. The lowest BCUT2D eigenvalue weighted by atomic mass is 10.0. The predicted molar refractivity (Wildman–Crippen MR) is 79.4 cm³/mol. The molecule has 0 fully saturated rings. The average molecular weight is 274 g/mol. The highest BCUT2D eigenvalue weighted by atomic mass is 32.1. The van der Waals surface area contributed by atoms with Crippen LogP contribution in [-0.4, -0.2) is 12.4 Å². The molecule has 0 radical (unpaired) electrons. The molecule has 1 aromatic heterocycles. The molecule has 0 amide bonds. The number of ether oxygens (including phenoxy) is 1. The Hall–Kier alpha value is -1.61. The number of Topliss-reactive ketones (excluding diaryl/α,β-unsaturated/α-hetero) is 1. The van der Waals surface area contributed by atoms with E-state index in [0.29, 0.717) is 5.92 Å². The molecule has 0 saturated heterocycles. The maximum Gasteiger partial charge on any atom is 0.210 e. The first-order valence-electron chi connectivity index (χ1n) is 6.39. The summed E-state index contributed by atoms with van der Waals surface area (Å²) in [6, 6.07) is 11.7. The van der Waals surface area contributed by atoms with Crippen molar-refractivity contribution in [3.05, 3.63) is 51.7 Å². The van der Waals surface area contributed by atoms with Crippen LogP contribution in [0.3, 0.4) is 0 Å². The third-order valence-corrected chi connectivity index (χ3v) is 3.96. The second-order valence-corrected chi connectivity index (χ2v) is 6.10. The minimum atomic E-state index is 0.0386. The van der Waals surface area contributed by atoms with Crippen LogP contribution in [-0.2, 0) is 0 Å². The highest BCUT2D eigenvalue weighted by molar-refractivity contribution is 7.14. The van der Waals surface area contributed by atoms with Gasteiger partial charge in [-0.3, -0.25) is 4.79 Å². The lowest BCUT2D eigenvalue weighted by Crippen LogP contribution is -2.11. The van der Waals surface area contributed by atoms with E-state index < -0.39 is 0 Å². The first-order valence-corrected chi connectivity index (χ1v) is 7.21. The van der Waals surface area contributed by atoms with Gasteiger partial charge in [0.1, 0.15) is 5.75 Å².